The summed E-state index contributed by atoms with van der Waals surface area (Å²) in [7, 11) is 0. The van der Waals surface area contributed by atoms with Crippen molar-refractivity contribution in [1.82, 2.24) is 19.7 Å². The van der Waals surface area contributed by atoms with Crippen LogP contribution in [0.2, 0.25) is 0 Å². The summed E-state index contributed by atoms with van der Waals surface area (Å²) in [6, 6.07) is 9.29. The number of aromatic nitrogens is 1. The van der Waals surface area contributed by atoms with Gasteiger partial charge >= 0.3 is 12.5 Å². The predicted octanol–water partition coefficient (Wildman–Crippen LogP) is 7.43. The molecule has 2 unspecified atom stereocenters. The molecule has 12 heteroatoms. The highest BCUT2D eigenvalue weighted by atomic mass is 79.9. The summed E-state index contributed by atoms with van der Waals surface area (Å²) in [5, 5.41) is 0. The fourth-order valence-electron chi connectivity index (χ4n) is 6.06. The maximum absolute atomic E-state index is 13.8. The number of hydrogen-bond acceptors (Lipinski definition) is 6. The fourth-order valence-corrected chi connectivity index (χ4v) is 6.29. The van der Waals surface area contributed by atoms with Crippen LogP contribution in [-0.2, 0) is 9.53 Å². The molecule has 3 heterocycles. The summed E-state index contributed by atoms with van der Waals surface area (Å²) in [6.07, 6.45) is -1.46. The van der Waals surface area contributed by atoms with Crippen molar-refractivity contribution in [3.05, 3.63) is 58.3 Å². The smallest absolute Gasteiger partial charge is 0.444 e. The van der Waals surface area contributed by atoms with Crippen LogP contribution in [0.5, 0.6) is 5.75 Å². The maximum atomic E-state index is 13.8. The number of benzene rings is 1. The molecule has 2 aliphatic rings. The number of rotatable bonds is 6. The van der Waals surface area contributed by atoms with Gasteiger partial charge in [0.15, 0.2) is 0 Å². The molecule has 248 valence electrons. The van der Waals surface area contributed by atoms with E-state index >= 15 is 0 Å². The fraction of sp³-hybridized carbons (Fsp3) is 0.606. The summed E-state index contributed by atoms with van der Waals surface area (Å²) in [5.74, 6) is 0.0120. The first-order valence-electron chi connectivity index (χ1n) is 15.4. The highest BCUT2D eigenvalue weighted by Crippen LogP contribution is 2.36. The Morgan fingerprint density at radius 2 is 1.60 bits per heavy atom. The number of alkyl halides is 3. The van der Waals surface area contributed by atoms with Gasteiger partial charge in [-0.3, -0.25) is 14.7 Å². The van der Waals surface area contributed by atoms with Crippen LogP contribution in [0, 0.1) is 11.3 Å². The Morgan fingerprint density at radius 3 is 2.13 bits per heavy atom. The van der Waals surface area contributed by atoms with Crippen molar-refractivity contribution in [3.8, 4) is 5.75 Å². The Labute approximate surface area is 272 Å². The number of carbonyl (C=O) groups is 2. The number of pyridine rings is 1. The van der Waals surface area contributed by atoms with E-state index in [4.69, 9.17) is 4.74 Å². The standard InChI is InChI=1S/C33H44BrF3N4O4/c1-31(2,3)27-21-40(17-18-41(27)28(42)19-22-13-15-39(16-14-22)30(43)45-32(4,5)6)29(26-12-9-24(34)20-38-26)23-7-10-25(11-8-23)44-33(35,36)37/h7-12,20,22,27,29H,13-19,21H2,1-6H3. The molecule has 4 rings (SSSR count). The Bertz CT molecular complexity index is 1300. The first-order valence-corrected chi connectivity index (χ1v) is 16.2. The third-order valence-corrected chi connectivity index (χ3v) is 8.76. The van der Waals surface area contributed by atoms with Gasteiger partial charge in [0.1, 0.15) is 11.4 Å². The molecular weight excluding hydrogens is 653 g/mol. The first kappa shape index (κ1) is 35.0. The molecule has 0 saturated carbocycles. The van der Waals surface area contributed by atoms with E-state index in [0.29, 0.717) is 39.1 Å². The van der Waals surface area contributed by atoms with E-state index in [-0.39, 0.29) is 41.2 Å². The minimum Gasteiger partial charge on any atom is -0.444 e. The van der Waals surface area contributed by atoms with Gasteiger partial charge in [-0.25, -0.2) is 4.79 Å². The van der Waals surface area contributed by atoms with E-state index in [1.165, 1.54) is 12.1 Å². The van der Waals surface area contributed by atoms with Gasteiger partial charge in [-0.05, 0) is 90.7 Å². The monoisotopic (exact) mass is 696 g/mol. The number of ether oxygens (including phenoxy) is 2. The molecule has 0 radical (unpaired) electrons. The molecule has 2 aromatic rings. The molecule has 0 bridgehead atoms. The zero-order chi connectivity index (χ0) is 33.2. The average molecular weight is 698 g/mol. The van der Waals surface area contributed by atoms with Crippen LogP contribution in [0.3, 0.4) is 0 Å². The molecule has 8 nitrogen and oxygen atoms in total. The Morgan fingerprint density at radius 1 is 0.956 bits per heavy atom. The molecule has 2 aliphatic heterocycles. The number of carbonyl (C=O) groups excluding carboxylic acids is 2. The van der Waals surface area contributed by atoms with Gasteiger partial charge < -0.3 is 19.3 Å². The number of halogens is 4. The van der Waals surface area contributed by atoms with Crippen molar-refractivity contribution in [2.75, 3.05) is 32.7 Å². The number of hydrogen-bond donors (Lipinski definition) is 0. The molecule has 1 aromatic heterocycles. The third kappa shape index (κ3) is 9.81. The van der Waals surface area contributed by atoms with Gasteiger partial charge in [0.25, 0.3) is 0 Å². The summed E-state index contributed by atoms with van der Waals surface area (Å²) in [4.78, 5) is 36.9. The van der Waals surface area contributed by atoms with Crippen molar-refractivity contribution in [2.24, 2.45) is 11.3 Å². The van der Waals surface area contributed by atoms with E-state index in [1.807, 2.05) is 37.8 Å². The number of piperidine rings is 1. The summed E-state index contributed by atoms with van der Waals surface area (Å²) in [6.45, 7) is 14.7. The quantitative estimate of drug-likeness (QED) is 0.313. The molecule has 1 aromatic carbocycles. The van der Waals surface area contributed by atoms with Crippen LogP contribution < -0.4 is 4.74 Å². The lowest BCUT2D eigenvalue weighted by Crippen LogP contribution is -2.60. The molecule has 0 spiro atoms. The Balaban J connectivity index is 1.48. The van der Waals surface area contributed by atoms with Gasteiger partial charge in [-0.15, -0.1) is 13.2 Å². The molecule has 0 aliphatic carbocycles. The molecule has 2 atom stereocenters. The maximum Gasteiger partial charge on any atom is 0.573 e. The lowest BCUT2D eigenvalue weighted by atomic mass is 9.82. The van der Waals surface area contributed by atoms with Gasteiger partial charge in [0.05, 0.1) is 11.7 Å². The largest absolute Gasteiger partial charge is 0.573 e. The van der Waals surface area contributed by atoms with E-state index < -0.39 is 12.0 Å². The topological polar surface area (TPSA) is 75.2 Å². The predicted molar refractivity (Wildman–Crippen MR) is 169 cm³/mol. The van der Waals surface area contributed by atoms with Gasteiger partial charge in [-0.2, -0.15) is 0 Å². The second kappa shape index (κ2) is 13.9. The molecular formula is C33H44BrF3N4O4. The zero-order valence-corrected chi connectivity index (χ0v) is 28.5. The van der Waals surface area contributed by atoms with Crippen LogP contribution in [0.15, 0.2) is 47.1 Å². The minimum absolute atomic E-state index is 0.105. The van der Waals surface area contributed by atoms with Gasteiger partial charge in [0.2, 0.25) is 5.91 Å². The van der Waals surface area contributed by atoms with Crippen LogP contribution in [0.25, 0.3) is 0 Å². The highest BCUT2D eigenvalue weighted by molar-refractivity contribution is 9.10. The number of piperazine rings is 1. The molecule has 2 saturated heterocycles. The number of amides is 2. The van der Waals surface area contributed by atoms with E-state index in [1.54, 1.807) is 23.2 Å². The normalized spacial score (nSPS) is 19.7. The summed E-state index contributed by atoms with van der Waals surface area (Å²) < 4.78 is 48.8. The summed E-state index contributed by atoms with van der Waals surface area (Å²) >= 11 is 3.44. The first-order chi connectivity index (χ1) is 20.9. The van der Waals surface area contributed by atoms with Crippen molar-refractivity contribution in [2.45, 2.75) is 84.9 Å². The third-order valence-electron chi connectivity index (χ3n) is 8.29. The van der Waals surface area contributed by atoms with Crippen molar-refractivity contribution in [1.29, 1.82) is 0 Å². The number of likely N-dealkylation sites (tertiary alicyclic amines) is 1. The lowest BCUT2D eigenvalue weighted by molar-refractivity contribution is -0.274. The zero-order valence-electron chi connectivity index (χ0n) is 26.9. The van der Waals surface area contributed by atoms with Crippen molar-refractivity contribution >= 4 is 27.9 Å². The minimum atomic E-state index is -4.77. The number of nitrogens with zero attached hydrogens (tertiary/aromatic N) is 4. The van der Waals surface area contributed by atoms with Crippen LogP contribution >= 0.6 is 15.9 Å². The van der Waals surface area contributed by atoms with Crippen LogP contribution in [-0.4, -0.2) is 82.4 Å². The summed E-state index contributed by atoms with van der Waals surface area (Å²) in [5.41, 5.74) is 0.748. The molecule has 2 amide bonds. The van der Waals surface area contributed by atoms with Gasteiger partial charge in [-0.1, -0.05) is 32.9 Å². The van der Waals surface area contributed by atoms with Gasteiger partial charge in [0, 0.05) is 55.9 Å². The Kier molecular flexibility index (Phi) is 10.8. The van der Waals surface area contributed by atoms with Crippen LogP contribution in [0.4, 0.5) is 18.0 Å². The van der Waals surface area contributed by atoms with Crippen LogP contribution in [0.1, 0.15) is 78.1 Å². The second-order valence-corrected chi connectivity index (χ2v) is 14.9. The average Bonchev–Trinajstić information content (AvgIpc) is 2.93. The van der Waals surface area contributed by atoms with Crippen molar-refractivity contribution < 1.29 is 32.2 Å². The molecule has 45 heavy (non-hydrogen) atoms. The van der Waals surface area contributed by atoms with Crippen molar-refractivity contribution in [3.63, 3.8) is 0 Å². The lowest BCUT2D eigenvalue weighted by Gasteiger charge is -2.49. The van der Waals surface area contributed by atoms with E-state index in [0.717, 1.165) is 28.6 Å². The SMILES string of the molecule is CC(C)(C)OC(=O)N1CCC(CC(=O)N2CCN(C(c3ccc(OC(F)(F)F)cc3)c3ccc(Br)cn3)CC2C(C)(C)C)CC1. The van der Waals surface area contributed by atoms with E-state index in [9.17, 15) is 22.8 Å². The van der Waals surface area contributed by atoms with E-state index in [2.05, 4.69) is 51.3 Å². The molecule has 2 fully saturated rings. The molecule has 0 N–H and O–H groups in total. The highest BCUT2D eigenvalue weighted by Gasteiger charge is 2.41. The second-order valence-electron chi connectivity index (χ2n) is 14.0. The Hall–Kier alpha value is -2.86.